The van der Waals surface area contributed by atoms with Crippen molar-refractivity contribution < 1.29 is 9.53 Å². The Kier molecular flexibility index (Phi) is 5.44. The number of hydrogen-bond donors (Lipinski definition) is 2. The van der Waals surface area contributed by atoms with Crippen LogP contribution in [0.25, 0.3) is 0 Å². The second-order valence-corrected chi connectivity index (χ2v) is 4.74. The fraction of sp³-hybridized carbons (Fsp3) is 0.462. The van der Waals surface area contributed by atoms with Crippen LogP contribution in [0.15, 0.2) is 18.2 Å². The molecule has 0 fully saturated rings. The first-order valence-electron chi connectivity index (χ1n) is 5.84. The van der Waals surface area contributed by atoms with Crippen molar-refractivity contribution in [1.29, 1.82) is 0 Å². The molecule has 0 spiro atoms. The lowest BCUT2D eigenvalue weighted by atomic mass is 10.1. The van der Waals surface area contributed by atoms with Gasteiger partial charge in [0, 0.05) is 16.6 Å². The lowest BCUT2D eigenvalue weighted by Crippen LogP contribution is -2.26. The molecule has 0 saturated carbocycles. The van der Waals surface area contributed by atoms with E-state index in [9.17, 15) is 4.79 Å². The van der Waals surface area contributed by atoms with E-state index >= 15 is 0 Å². The number of nitrogens with one attached hydrogen (secondary N) is 1. The molecule has 1 amide bonds. The summed E-state index contributed by atoms with van der Waals surface area (Å²) < 4.78 is 5.64. The van der Waals surface area contributed by atoms with Crippen LogP contribution in [0.4, 0.5) is 0 Å². The van der Waals surface area contributed by atoms with E-state index < -0.39 is 0 Å². The number of rotatable bonds is 6. The van der Waals surface area contributed by atoms with Gasteiger partial charge in [0.1, 0.15) is 5.75 Å². The van der Waals surface area contributed by atoms with E-state index in [0.717, 1.165) is 5.56 Å². The van der Waals surface area contributed by atoms with E-state index in [1.807, 2.05) is 20.0 Å². The summed E-state index contributed by atoms with van der Waals surface area (Å²) in [6.07, 6.45) is 0. The molecule has 3 N–H and O–H groups in total. The molecule has 0 bridgehead atoms. The minimum absolute atomic E-state index is 0.114. The molecule has 1 rings (SSSR count). The Labute approximate surface area is 112 Å². The molecule has 0 aliphatic heterocycles. The summed E-state index contributed by atoms with van der Waals surface area (Å²) >= 11 is 5.97. The first-order chi connectivity index (χ1) is 8.45. The van der Waals surface area contributed by atoms with Crippen molar-refractivity contribution in [3.63, 3.8) is 0 Å². The molecular formula is C13H19ClN2O2. The van der Waals surface area contributed by atoms with Gasteiger partial charge in [0.05, 0.1) is 12.5 Å². The number of nitrogens with two attached hydrogens (primary N) is 1. The summed E-state index contributed by atoms with van der Waals surface area (Å²) in [6, 6.07) is 5.53. The Bertz CT molecular complexity index is 423. The normalized spacial score (nSPS) is 14.0. The first kappa shape index (κ1) is 14.8. The standard InChI is InChI=1S/C13H19ClN2O2/c1-8(13(15)17)7-18-12-5-4-10(14)6-11(12)9(2)16-3/h4-6,8-9,16H,7H2,1-3H3,(H2,15,17). The van der Waals surface area contributed by atoms with Gasteiger partial charge >= 0.3 is 0 Å². The lowest BCUT2D eigenvalue weighted by Gasteiger charge is -2.18. The Morgan fingerprint density at radius 1 is 1.50 bits per heavy atom. The summed E-state index contributed by atoms with van der Waals surface area (Å²) in [4.78, 5) is 11.0. The summed E-state index contributed by atoms with van der Waals surface area (Å²) in [6.45, 7) is 4.01. The van der Waals surface area contributed by atoms with Gasteiger partial charge in [-0.15, -0.1) is 0 Å². The fourth-order valence-corrected chi connectivity index (χ4v) is 1.62. The van der Waals surface area contributed by atoms with Crippen LogP contribution in [0.1, 0.15) is 25.5 Å². The predicted octanol–water partition coefficient (Wildman–Crippen LogP) is 2.12. The topological polar surface area (TPSA) is 64.3 Å². The molecule has 1 aromatic rings. The van der Waals surface area contributed by atoms with E-state index in [0.29, 0.717) is 10.8 Å². The minimum atomic E-state index is -0.368. The smallest absolute Gasteiger partial charge is 0.223 e. The molecule has 4 nitrogen and oxygen atoms in total. The van der Waals surface area contributed by atoms with Crippen LogP contribution in [0.3, 0.4) is 0 Å². The predicted molar refractivity (Wildman–Crippen MR) is 72.8 cm³/mol. The van der Waals surface area contributed by atoms with Crippen molar-refractivity contribution in [3.8, 4) is 5.75 Å². The molecule has 0 heterocycles. The second kappa shape index (κ2) is 6.61. The average Bonchev–Trinajstić information content (AvgIpc) is 2.35. The highest BCUT2D eigenvalue weighted by Gasteiger charge is 2.14. The van der Waals surface area contributed by atoms with Gasteiger partial charge in [-0.25, -0.2) is 0 Å². The van der Waals surface area contributed by atoms with Crippen LogP contribution in [-0.4, -0.2) is 19.6 Å². The number of ether oxygens (including phenoxy) is 1. The SMILES string of the molecule is CNC(C)c1cc(Cl)ccc1OCC(C)C(N)=O. The monoisotopic (exact) mass is 270 g/mol. The zero-order valence-electron chi connectivity index (χ0n) is 10.9. The summed E-state index contributed by atoms with van der Waals surface area (Å²) in [5, 5.41) is 3.78. The van der Waals surface area contributed by atoms with Gasteiger partial charge in [0.15, 0.2) is 0 Å². The van der Waals surface area contributed by atoms with Crippen molar-refractivity contribution in [2.24, 2.45) is 11.7 Å². The van der Waals surface area contributed by atoms with Gasteiger partial charge in [-0.1, -0.05) is 18.5 Å². The molecule has 2 atom stereocenters. The highest BCUT2D eigenvalue weighted by Crippen LogP contribution is 2.28. The number of hydrogen-bond acceptors (Lipinski definition) is 3. The molecule has 18 heavy (non-hydrogen) atoms. The number of amides is 1. The van der Waals surface area contributed by atoms with E-state index in [1.165, 1.54) is 0 Å². The Morgan fingerprint density at radius 2 is 2.17 bits per heavy atom. The number of carbonyl (C=O) groups excluding carboxylic acids is 1. The van der Waals surface area contributed by atoms with E-state index in [1.54, 1.807) is 19.1 Å². The first-order valence-corrected chi connectivity index (χ1v) is 6.22. The van der Waals surface area contributed by atoms with Crippen LogP contribution < -0.4 is 15.8 Å². The number of carbonyl (C=O) groups is 1. The molecule has 0 saturated heterocycles. The van der Waals surface area contributed by atoms with Gasteiger partial charge in [-0.3, -0.25) is 4.79 Å². The van der Waals surface area contributed by atoms with Gasteiger partial charge in [0.2, 0.25) is 5.91 Å². The zero-order chi connectivity index (χ0) is 13.7. The molecule has 0 radical (unpaired) electrons. The van der Waals surface area contributed by atoms with Crippen LogP contribution in [0.5, 0.6) is 5.75 Å². The van der Waals surface area contributed by atoms with Gasteiger partial charge in [0.25, 0.3) is 0 Å². The highest BCUT2D eigenvalue weighted by molar-refractivity contribution is 6.30. The third kappa shape index (κ3) is 3.89. The maximum atomic E-state index is 11.0. The molecule has 0 aliphatic carbocycles. The van der Waals surface area contributed by atoms with Crippen molar-refractivity contribution in [1.82, 2.24) is 5.32 Å². The number of primary amides is 1. The number of halogens is 1. The molecule has 5 heteroatoms. The molecule has 100 valence electrons. The van der Waals surface area contributed by atoms with Crippen molar-refractivity contribution in [2.75, 3.05) is 13.7 Å². The Hall–Kier alpha value is -1.26. The summed E-state index contributed by atoms with van der Waals surface area (Å²) in [5.41, 5.74) is 6.16. The minimum Gasteiger partial charge on any atom is -0.492 e. The maximum Gasteiger partial charge on any atom is 0.223 e. The largest absolute Gasteiger partial charge is 0.492 e. The lowest BCUT2D eigenvalue weighted by molar-refractivity contribution is -0.122. The quantitative estimate of drug-likeness (QED) is 0.832. The maximum absolute atomic E-state index is 11.0. The Morgan fingerprint density at radius 3 is 2.72 bits per heavy atom. The van der Waals surface area contributed by atoms with Crippen LogP contribution in [0, 0.1) is 5.92 Å². The van der Waals surface area contributed by atoms with Gasteiger partial charge in [-0.05, 0) is 32.2 Å². The van der Waals surface area contributed by atoms with Crippen molar-refractivity contribution in [2.45, 2.75) is 19.9 Å². The van der Waals surface area contributed by atoms with Crippen LogP contribution in [-0.2, 0) is 4.79 Å². The van der Waals surface area contributed by atoms with Crippen LogP contribution in [0.2, 0.25) is 5.02 Å². The van der Waals surface area contributed by atoms with Crippen LogP contribution >= 0.6 is 11.6 Å². The molecule has 0 aliphatic rings. The Balaban J connectivity index is 2.84. The summed E-state index contributed by atoms with van der Waals surface area (Å²) in [7, 11) is 1.86. The molecule has 1 aromatic carbocycles. The number of benzene rings is 1. The molecule has 0 aromatic heterocycles. The van der Waals surface area contributed by atoms with Gasteiger partial charge < -0.3 is 15.8 Å². The zero-order valence-corrected chi connectivity index (χ0v) is 11.6. The average molecular weight is 271 g/mol. The van der Waals surface area contributed by atoms with E-state index in [2.05, 4.69) is 5.32 Å². The van der Waals surface area contributed by atoms with E-state index in [4.69, 9.17) is 22.1 Å². The second-order valence-electron chi connectivity index (χ2n) is 4.31. The summed E-state index contributed by atoms with van der Waals surface area (Å²) in [5.74, 6) is 0.0277. The van der Waals surface area contributed by atoms with Crippen molar-refractivity contribution in [3.05, 3.63) is 28.8 Å². The highest BCUT2D eigenvalue weighted by atomic mass is 35.5. The van der Waals surface area contributed by atoms with Crippen molar-refractivity contribution >= 4 is 17.5 Å². The molecular weight excluding hydrogens is 252 g/mol. The fourth-order valence-electron chi connectivity index (χ4n) is 1.44. The third-order valence-corrected chi connectivity index (χ3v) is 3.08. The van der Waals surface area contributed by atoms with E-state index in [-0.39, 0.29) is 24.5 Å². The van der Waals surface area contributed by atoms with Gasteiger partial charge in [-0.2, -0.15) is 0 Å². The third-order valence-electron chi connectivity index (χ3n) is 2.85. The molecule has 2 unspecified atom stereocenters.